The molecule has 0 radical (unpaired) electrons. The molecule has 6 heteroatoms. The van der Waals surface area contributed by atoms with E-state index in [1.165, 1.54) is 24.8 Å². The molecule has 2 aromatic carbocycles. The van der Waals surface area contributed by atoms with Crippen LogP contribution < -0.4 is 15.1 Å². The minimum atomic E-state index is -0.00623. The maximum absolute atomic E-state index is 13.7. The Hall–Kier alpha value is -2.86. The molecule has 0 unspecified atom stereocenters. The van der Waals surface area contributed by atoms with Gasteiger partial charge in [-0.25, -0.2) is 4.98 Å². The lowest BCUT2D eigenvalue weighted by Crippen LogP contribution is -2.32. The number of benzene rings is 2. The van der Waals surface area contributed by atoms with Gasteiger partial charge in [-0.15, -0.1) is 11.3 Å². The Bertz CT molecular complexity index is 1040. The van der Waals surface area contributed by atoms with Gasteiger partial charge in [-0.1, -0.05) is 32.0 Å². The topological polar surface area (TPSA) is 48.5 Å². The molecule has 1 aliphatic rings. The van der Waals surface area contributed by atoms with E-state index in [-0.39, 0.29) is 5.91 Å². The van der Waals surface area contributed by atoms with Crippen molar-refractivity contribution in [2.75, 3.05) is 35.3 Å². The summed E-state index contributed by atoms with van der Waals surface area (Å²) in [6, 6.07) is 15.9. The molecule has 0 spiro atoms. The molecule has 168 valence electrons. The highest BCUT2D eigenvalue weighted by atomic mass is 32.1. The molecule has 2 heterocycles. The Morgan fingerprint density at radius 2 is 1.81 bits per heavy atom. The third-order valence-corrected chi connectivity index (χ3v) is 6.95. The number of nitrogens with one attached hydrogen (secondary N) is 1. The third-order valence-electron chi connectivity index (χ3n) is 6.00. The molecule has 1 amide bonds. The van der Waals surface area contributed by atoms with Crippen molar-refractivity contribution < 1.29 is 4.79 Å². The molecule has 0 atom stereocenters. The van der Waals surface area contributed by atoms with Crippen molar-refractivity contribution in [1.29, 1.82) is 0 Å². The number of anilines is 3. The normalized spacial score (nSPS) is 13.9. The van der Waals surface area contributed by atoms with Crippen LogP contribution in [0.5, 0.6) is 0 Å². The van der Waals surface area contributed by atoms with Crippen LogP contribution >= 0.6 is 11.3 Å². The fourth-order valence-electron chi connectivity index (χ4n) is 4.18. The Morgan fingerprint density at radius 1 is 1.09 bits per heavy atom. The average molecular weight is 449 g/mol. The fraction of sp³-hybridized carbons (Fsp3) is 0.385. The lowest BCUT2D eigenvalue weighted by Gasteiger charge is -2.27. The molecular formula is C26H32N4OS. The molecule has 3 aromatic rings. The molecule has 1 aromatic heterocycles. The first-order chi connectivity index (χ1) is 15.6. The summed E-state index contributed by atoms with van der Waals surface area (Å²) in [5.74, 6) is 0.306. The molecule has 1 saturated heterocycles. The number of amides is 1. The first kappa shape index (κ1) is 22.3. The summed E-state index contributed by atoms with van der Waals surface area (Å²) >= 11 is 1.68. The largest absolute Gasteiger partial charge is 0.388 e. The van der Waals surface area contributed by atoms with E-state index < -0.39 is 0 Å². The van der Waals surface area contributed by atoms with Crippen molar-refractivity contribution in [2.45, 2.75) is 45.6 Å². The van der Waals surface area contributed by atoms with Gasteiger partial charge in [0, 0.05) is 42.5 Å². The summed E-state index contributed by atoms with van der Waals surface area (Å²) in [7, 11) is 1.88. The maximum atomic E-state index is 13.7. The lowest BCUT2D eigenvalue weighted by molar-refractivity contribution is 0.0984. The van der Waals surface area contributed by atoms with Gasteiger partial charge in [0.15, 0.2) is 5.13 Å². The zero-order valence-electron chi connectivity index (χ0n) is 19.2. The molecule has 1 fully saturated rings. The number of nitrogens with zero attached hydrogens (tertiary/aromatic N) is 3. The summed E-state index contributed by atoms with van der Waals surface area (Å²) in [5.41, 5.74) is 4.72. The quantitative estimate of drug-likeness (QED) is 0.471. The average Bonchev–Trinajstić information content (AvgIpc) is 3.31. The SMILES string of the molecule is CNc1ccc(C(=O)N(Cc2csc(N3CCCCC3)n2)c2ccccc2C(C)C)cc1. The second-order valence-electron chi connectivity index (χ2n) is 8.60. The van der Waals surface area contributed by atoms with Gasteiger partial charge in [-0.2, -0.15) is 0 Å². The Kier molecular flexibility index (Phi) is 7.10. The van der Waals surface area contributed by atoms with Gasteiger partial charge in [0.1, 0.15) is 0 Å². The Morgan fingerprint density at radius 3 is 2.50 bits per heavy atom. The standard InChI is InChI=1S/C26H32N4OS/c1-19(2)23-9-5-6-10-24(23)30(25(31)20-11-13-21(27-3)14-12-20)17-22-18-32-26(28-22)29-15-7-4-8-16-29/h5-6,9-14,18-19,27H,4,7-8,15-17H2,1-3H3. The Labute approximate surface area is 195 Å². The lowest BCUT2D eigenvalue weighted by atomic mass is 9.99. The first-order valence-electron chi connectivity index (χ1n) is 11.4. The van der Waals surface area contributed by atoms with Gasteiger partial charge in [0.25, 0.3) is 5.91 Å². The number of hydrogen-bond donors (Lipinski definition) is 1. The van der Waals surface area contributed by atoms with Gasteiger partial charge < -0.3 is 15.1 Å². The second-order valence-corrected chi connectivity index (χ2v) is 9.44. The van der Waals surface area contributed by atoms with E-state index >= 15 is 0 Å². The fourth-order valence-corrected chi connectivity index (χ4v) is 5.05. The van der Waals surface area contributed by atoms with Crippen LogP contribution in [-0.2, 0) is 6.54 Å². The van der Waals surface area contributed by atoms with E-state index in [9.17, 15) is 4.79 Å². The Balaban J connectivity index is 1.66. The monoisotopic (exact) mass is 448 g/mol. The summed E-state index contributed by atoms with van der Waals surface area (Å²) in [6.45, 7) is 6.94. The van der Waals surface area contributed by atoms with Crippen LogP contribution in [0, 0.1) is 0 Å². The first-order valence-corrected chi connectivity index (χ1v) is 12.3. The molecule has 0 bridgehead atoms. The van der Waals surface area contributed by atoms with Crippen LogP contribution in [0.3, 0.4) is 0 Å². The molecular weight excluding hydrogens is 416 g/mol. The minimum absolute atomic E-state index is 0.00623. The van der Waals surface area contributed by atoms with Crippen LogP contribution in [0.2, 0.25) is 0 Å². The number of aromatic nitrogens is 1. The van der Waals surface area contributed by atoms with Crippen molar-refractivity contribution in [1.82, 2.24) is 4.98 Å². The molecule has 0 saturated carbocycles. The summed E-state index contributed by atoms with van der Waals surface area (Å²) < 4.78 is 0. The maximum Gasteiger partial charge on any atom is 0.258 e. The number of thiazole rings is 1. The van der Waals surface area contributed by atoms with Gasteiger partial charge in [0.05, 0.1) is 12.2 Å². The number of rotatable bonds is 7. The number of hydrogen-bond acceptors (Lipinski definition) is 5. The number of para-hydroxylation sites is 1. The van der Waals surface area contributed by atoms with Crippen molar-refractivity contribution in [3.63, 3.8) is 0 Å². The highest BCUT2D eigenvalue weighted by molar-refractivity contribution is 7.13. The molecule has 32 heavy (non-hydrogen) atoms. The molecule has 0 aliphatic carbocycles. The second kappa shape index (κ2) is 10.2. The van der Waals surface area contributed by atoms with Gasteiger partial charge in [-0.05, 0) is 61.1 Å². The predicted molar refractivity (Wildman–Crippen MR) is 135 cm³/mol. The van der Waals surface area contributed by atoms with Gasteiger partial charge in [-0.3, -0.25) is 4.79 Å². The minimum Gasteiger partial charge on any atom is -0.388 e. The third kappa shape index (κ3) is 4.96. The summed E-state index contributed by atoms with van der Waals surface area (Å²) in [5, 5.41) is 6.29. The zero-order valence-corrected chi connectivity index (χ0v) is 20.0. The summed E-state index contributed by atoms with van der Waals surface area (Å²) in [4.78, 5) is 22.9. The zero-order chi connectivity index (χ0) is 22.5. The molecule has 5 nitrogen and oxygen atoms in total. The van der Waals surface area contributed by atoms with Crippen molar-refractivity contribution in [3.8, 4) is 0 Å². The van der Waals surface area contributed by atoms with Crippen LogP contribution in [0.4, 0.5) is 16.5 Å². The van der Waals surface area contributed by atoms with Crippen molar-refractivity contribution in [3.05, 3.63) is 70.7 Å². The van der Waals surface area contributed by atoms with Gasteiger partial charge in [0.2, 0.25) is 0 Å². The van der Waals surface area contributed by atoms with Crippen molar-refractivity contribution in [2.24, 2.45) is 0 Å². The van der Waals surface area contributed by atoms with Gasteiger partial charge >= 0.3 is 0 Å². The smallest absolute Gasteiger partial charge is 0.258 e. The van der Waals surface area contributed by atoms with E-state index in [1.807, 2.05) is 54.4 Å². The highest BCUT2D eigenvalue weighted by Crippen LogP contribution is 2.31. The molecule has 1 aliphatic heterocycles. The number of piperidine rings is 1. The van der Waals surface area contributed by atoms with E-state index in [2.05, 4.69) is 35.5 Å². The summed E-state index contributed by atoms with van der Waals surface area (Å²) in [6.07, 6.45) is 3.75. The van der Waals surface area contributed by atoms with Crippen LogP contribution in [0.1, 0.15) is 60.6 Å². The van der Waals surface area contributed by atoms with E-state index in [1.54, 1.807) is 11.3 Å². The number of carbonyl (C=O) groups is 1. The molecule has 4 rings (SSSR count). The van der Waals surface area contributed by atoms with E-state index in [4.69, 9.17) is 4.98 Å². The molecule has 1 N–H and O–H groups in total. The van der Waals surface area contributed by atoms with E-state index in [0.717, 1.165) is 35.3 Å². The van der Waals surface area contributed by atoms with Crippen molar-refractivity contribution >= 4 is 33.8 Å². The van der Waals surface area contributed by atoms with Crippen LogP contribution in [0.25, 0.3) is 0 Å². The number of carbonyl (C=O) groups excluding carboxylic acids is 1. The van der Waals surface area contributed by atoms with E-state index in [0.29, 0.717) is 18.0 Å². The van der Waals surface area contributed by atoms with Crippen LogP contribution in [0.15, 0.2) is 53.9 Å². The van der Waals surface area contributed by atoms with Crippen LogP contribution in [-0.4, -0.2) is 31.0 Å². The highest BCUT2D eigenvalue weighted by Gasteiger charge is 2.23. The predicted octanol–water partition coefficient (Wildman–Crippen LogP) is 6.15.